The van der Waals surface area contributed by atoms with E-state index < -0.39 is 18.2 Å². The Morgan fingerprint density at radius 1 is 1.00 bits per heavy atom. The maximum absolute atomic E-state index is 13.1. The van der Waals surface area contributed by atoms with Gasteiger partial charge in [-0.3, -0.25) is 29.4 Å². The molecule has 0 bridgehead atoms. The van der Waals surface area contributed by atoms with Crippen molar-refractivity contribution in [2.24, 2.45) is 0 Å². The molecule has 0 aliphatic carbocycles. The van der Waals surface area contributed by atoms with Gasteiger partial charge in [0.05, 0.1) is 6.54 Å². The van der Waals surface area contributed by atoms with E-state index in [1.807, 2.05) is 29.2 Å². The van der Waals surface area contributed by atoms with Gasteiger partial charge >= 0.3 is 0 Å². The van der Waals surface area contributed by atoms with E-state index in [4.69, 9.17) is 14.2 Å². The Labute approximate surface area is 240 Å². The molecule has 6 rings (SSSR count). The second-order valence-corrected chi connectivity index (χ2v) is 10.4. The van der Waals surface area contributed by atoms with Gasteiger partial charge in [0.15, 0.2) is 6.23 Å². The molecule has 0 radical (unpaired) electrons. The van der Waals surface area contributed by atoms with Crippen molar-refractivity contribution in [2.75, 3.05) is 13.1 Å². The van der Waals surface area contributed by atoms with Crippen LogP contribution in [0.3, 0.4) is 0 Å². The molecule has 2 fully saturated rings. The first kappa shape index (κ1) is 27.4. The number of amides is 3. The molecule has 11 heteroatoms. The Balaban J connectivity index is 1.07. The molecule has 10 nitrogen and oxygen atoms in total. The van der Waals surface area contributed by atoms with Crippen molar-refractivity contribution < 1.29 is 37.8 Å². The van der Waals surface area contributed by atoms with E-state index in [0.717, 1.165) is 11.1 Å². The highest BCUT2D eigenvalue weighted by molar-refractivity contribution is 6.05. The molecule has 0 saturated carbocycles. The predicted octanol–water partition coefficient (Wildman–Crippen LogP) is 3.10. The molecule has 2 atom stereocenters. The van der Waals surface area contributed by atoms with E-state index in [9.17, 15) is 23.6 Å². The standard InChI is InChI=1S/C31H28FN3O7/c32-21-8-10-22(11-9-21)42-23-14-34(15-23)31(41-18-36)20-6-4-19(5-7-20)17-40-27-3-1-2-24-25(27)16-35(30(24)39)26-12-13-28(37)33-29(26)38/h1-11,18,23,26,31H,12-17H2,(H,33,37,38). The van der Waals surface area contributed by atoms with Crippen LogP contribution in [0.4, 0.5) is 4.39 Å². The van der Waals surface area contributed by atoms with Crippen LogP contribution >= 0.6 is 0 Å². The van der Waals surface area contributed by atoms with Crippen LogP contribution in [0.2, 0.25) is 0 Å². The average molecular weight is 574 g/mol. The molecule has 3 aromatic rings. The number of ether oxygens (including phenoxy) is 3. The van der Waals surface area contributed by atoms with Gasteiger partial charge in [-0.2, -0.15) is 0 Å². The van der Waals surface area contributed by atoms with Gasteiger partial charge in [-0.25, -0.2) is 4.39 Å². The van der Waals surface area contributed by atoms with Crippen LogP contribution in [0.5, 0.6) is 11.5 Å². The molecule has 2 saturated heterocycles. The molecule has 3 amide bonds. The highest BCUT2D eigenvalue weighted by atomic mass is 19.1. The summed E-state index contributed by atoms with van der Waals surface area (Å²) in [5.74, 6) is -0.243. The van der Waals surface area contributed by atoms with Crippen molar-refractivity contribution in [1.82, 2.24) is 15.1 Å². The molecule has 0 spiro atoms. The number of hydrogen-bond acceptors (Lipinski definition) is 8. The first-order chi connectivity index (χ1) is 20.4. The van der Waals surface area contributed by atoms with Crippen LogP contribution < -0.4 is 14.8 Å². The lowest BCUT2D eigenvalue weighted by atomic mass is 10.0. The summed E-state index contributed by atoms with van der Waals surface area (Å²) in [4.78, 5) is 51.6. The number of nitrogens with zero attached hydrogens (tertiary/aromatic N) is 2. The summed E-state index contributed by atoms with van der Waals surface area (Å²) in [6.07, 6.45) is -0.198. The van der Waals surface area contributed by atoms with Crippen molar-refractivity contribution in [3.8, 4) is 11.5 Å². The topological polar surface area (TPSA) is 114 Å². The largest absolute Gasteiger partial charge is 0.489 e. The van der Waals surface area contributed by atoms with E-state index in [0.29, 0.717) is 48.6 Å². The normalized spacial score (nSPS) is 19.5. The molecule has 3 aliphatic heterocycles. The van der Waals surface area contributed by atoms with Crippen LogP contribution in [-0.4, -0.2) is 59.2 Å². The third-order valence-corrected chi connectivity index (χ3v) is 7.71. The number of fused-ring (bicyclic) bond motifs is 1. The van der Waals surface area contributed by atoms with Crippen molar-refractivity contribution in [3.63, 3.8) is 0 Å². The van der Waals surface area contributed by atoms with Gasteiger partial charge in [0.2, 0.25) is 11.8 Å². The van der Waals surface area contributed by atoms with Crippen molar-refractivity contribution >= 4 is 24.2 Å². The summed E-state index contributed by atoms with van der Waals surface area (Å²) in [5, 5.41) is 2.31. The number of imide groups is 1. The fraction of sp³-hybridized carbons (Fsp3) is 0.290. The average Bonchev–Trinajstić information content (AvgIpc) is 3.30. The van der Waals surface area contributed by atoms with Crippen LogP contribution in [-0.2, 0) is 32.3 Å². The molecule has 0 aromatic heterocycles. The zero-order valence-electron chi connectivity index (χ0n) is 22.5. The van der Waals surface area contributed by atoms with Gasteiger partial charge in [0.1, 0.15) is 36.1 Å². The monoisotopic (exact) mass is 573 g/mol. The Bertz CT molecular complexity index is 1510. The fourth-order valence-electron chi connectivity index (χ4n) is 5.50. The molecule has 3 aliphatic rings. The van der Waals surface area contributed by atoms with E-state index in [-0.39, 0.29) is 43.3 Å². The van der Waals surface area contributed by atoms with Gasteiger partial charge in [-0.05, 0) is 48.4 Å². The summed E-state index contributed by atoms with van der Waals surface area (Å²) >= 11 is 0. The quantitative estimate of drug-likeness (QED) is 0.291. The molecule has 3 heterocycles. The summed E-state index contributed by atoms with van der Waals surface area (Å²) in [6.45, 7) is 1.95. The lowest BCUT2D eigenvalue weighted by Crippen LogP contribution is -2.55. The van der Waals surface area contributed by atoms with E-state index in [1.165, 1.54) is 17.0 Å². The summed E-state index contributed by atoms with van der Waals surface area (Å²) in [7, 11) is 0. The predicted molar refractivity (Wildman–Crippen MR) is 146 cm³/mol. The van der Waals surface area contributed by atoms with Gasteiger partial charge in [0.25, 0.3) is 12.4 Å². The minimum atomic E-state index is -0.694. The minimum Gasteiger partial charge on any atom is -0.489 e. The second kappa shape index (κ2) is 11.6. The van der Waals surface area contributed by atoms with E-state index >= 15 is 0 Å². The van der Waals surface area contributed by atoms with Crippen molar-refractivity contribution in [3.05, 3.63) is 94.8 Å². The van der Waals surface area contributed by atoms with E-state index in [1.54, 1.807) is 30.3 Å². The first-order valence-corrected chi connectivity index (χ1v) is 13.6. The highest BCUT2D eigenvalue weighted by Crippen LogP contribution is 2.34. The second-order valence-electron chi connectivity index (χ2n) is 10.4. The molecular weight excluding hydrogens is 545 g/mol. The number of rotatable bonds is 10. The smallest absolute Gasteiger partial charge is 0.294 e. The van der Waals surface area contributed by atoms with Gasteiger partial charge in [0, 0.05) is 36.2 Å². The van der Waals surface area contributed by atoms with Crippen LogP contribution in [0.15, 0.2) is 66.7 Å². The van der Waals surface area contributed by atoms with E-state index in [2.05, 4.69) is 5.32 Å². The maximum Gasteiger partial charge on any atom is 0.294 e. The molecular formula is C31H28FN3O7. The third-order valence-electron chi connectivity index (χ3n) is 7.71. The van der Waals surface area contributed by atoms with Crippen molar-refractivity contribution in [2.45, 2.75) is 44.4 Å². The Hall–Kier alpha value is -4.77. The van der Waals surface area contributed by atoms with Gasteiger partial charge < -0.3 is 19.1 Å². The number of piperidine rings is 1. The Kier molecular flexibility index (Phi) is 7.58. The zero-order valence-corrected chi connectivity index (χ0v) is 22.5. The van der Waals surface area contributed by atoms with Crippen LogP contribution in [0, 0.1) is 5.82 Å². The maximum atomic E-state index is 13.1. The number of carbonyl (C=O) groups is 4. The molecule has 1 N–H and O–H groups in total. The Morgan fingerprint density at radius 2 is 1.76 bits per heavy atom. The number of benzene rings is 3. The lowest BCUT2D eigenvalue weighted by Gasteiger charge is -2.42. The number of carbonyl (C=O) groups excluding carboxylic acids is 4. The fourth-order valence-corrected chi connectivity index (χ4v) is 5.50. The van der Waals surface area contributed by atoms with Crippen LogP contribution in [0.25, 0.3) is 0 Å². The summed E-state index contributed by atoms with van der Waals surface area (Å²) < 4.78 is 30.5. The first-order valence-electron chi connectivity index (χ1n) is 13.6. The minimum absolute atomic E-state index is 0.105. The summed E-state index contributed by atoms with van der Waals surface area (Å²) in [6, 6.07) is 17.9. The van der Waals surface area contributed by atoms with Crippen molar-refractivity contribution in [1.29, 1.82) is 0 Å². The number of hydrogen-bond donors (Lipinski definition) is 1. The molecule has 42 heavy (non-hydrogen) atoms. The Morgan fingerprint density at radius 3 is 2.48 bits per heavy atom. The zero-order chi connectivity index (χ0) is 29.2. The summed E-state index contributed by atoms with van der Waals surface area (Å²) in [5.41, 5.74) is 2.85. The molecule has 2 unspecified atom stereocenters. The highest BCUT2D eigenvalue weighted by Gasteiger charge is 2.40. The van der Waals surface area contributed by atoms with Crippen LogP contribution in [0.1, 0.15) is 46.1 Å². The number of halogens is 1. The van der Waals surface area contributed by atoms with Gasteiger partial charge in [-0.15, -0.1) is 0 Å². The third kappa shape index (κ3) is 5.55. The van der Waals surface area contributed by atoms with Gasteiger partial charge in [-0.1, -0.05) is 30.3 Å². The molecule has 3 aromatic carbocycles. The molecule has 216 valence electrons. The lowest BCUT2D eigenvalue weighted by molar-refractivity contribution is -0.156. The number of nitrogens with one attached hydrogen (secondary N) is 1. The number of likely N-dealkylation sites (tertiary alicyclic amines) is 1. The SMILES string of the molecule is O=COC(c1ccc(COc2cccc3c2CN(C2CCC(=O)NC2=O)C3=O)cc1)N1CC(Oc2ccc(F)cc2)C1.